The first kappa shape index (κ1) is 13.5. The quantitative estimate of drug-likeness (QED) is 0.797. The van der Waals surface area contributed by atoms with Crippen molar-refractivity contribution in [1.82, 2.24) is 9.97 Å². The summed E-state index contributed by atoms with van der Waals surface area (Å²) in [6.45, 7) is 0. The molecule has 3 rings (SSSR count). The van der Waals surface area contributed by atoms with E-state index in [2.05, 4.69) is 9.97 Å². The van der Waals surface area contributed by atoms with Gasteiger partial charge in [0, 0.05) is 12.4 Å². The molecule has 1 N–H and O–H groups in total. The first-order chi connectivity index (χ1) is 10.2. The van der Waals surface area contributed by atoms with E-state index < -0.39 is 5.97 Å². The highest BCUT2D eigenvalue weighted by atomic mass is 32.1. The van der Waals surface area contributed by atoms with Gasteiger partial charge in [0.1, 0.15) is 5.01 Å². The Morgan fingerprint density at radius 2 is 2.10 bits per heavy atom. The van der Waals surface area contributed by atoms with Crippen LogP contribution in [0.2, 0.25) is 0 Å². The number of hydrogen-bond donors (Lipinski definition) is 1. The maximum Gasteiger partial charge on any atom is 0.307 e. The molecule has 0 aliphatic rings. The lowest BCUT2D eigenvalue weighted by molar-refractivity contribution is -0.135. The Morgan fingerprint density at radius 3 is 2.81 bits per heavy atom. The Hall–Kier alpha value is -2.53. The number of para-hydroxylation sites is 1. The summed E-state index contributed by atoms with van der Waals surface area (Å²) in [6.07, 6.45) is 5.16. The number of carboxylic acids is 1. The Labute approximate surface area is 125 Å². The van der Waals surface area contributed by atoms with Crippen LogP contribution in [-0.2, 0) is 4.79 Å². The predicted molar refractivity (Wildman–Crippen MR) is 84.0 cm³/mol. The SMILES string of the molecule is O=C(O)C/C(=C/c1cccnc1)c1nc2ccccc2s1. The summed E-state index contributed by atoms with van der Waals surface area (Å²) in [5, 5.41) is 9.86. The number of carbonyl (C=O) groups is 1. The summed E-state index contributed by atoms with van der Waals surface area (Å²) in [5.41, 5.74) is 2.45. The molecule has 2 aromatic heterocycles. The maximum absolute atomic E-state index is 11.1. The van der Waals surface area contributed by atoms with Gasteiger partial charge in [-0.15, -0.1) is 11.3 Å². The number of aromatic nitrogens is 2. The van der Waals surface area contributed by atoms with E-state index in [9.17, 15) is 4.79 Å². The zero-order chi connectivity index (χ0) is 14.7. The molecule has 0 saturated heterocycles. The summed E-state index contributed by atoms with van der Waals surface area (Å²) in [6, 6.07) is 11.5. The first-order valence-electron chi connectivity index (χ1n) is 6.41. The van der Waals surface area contributed by atoms with E-state index in [1.165, 1.54) is 11.3 Å². The number of aliphatic carboxylic acids is 1. The van der Waals surface area contributed by atoms with Crippen molar-refractivity contribution >= 4 is 39.2 Å². The third kappa shape index (κ3) is 3.14. The number of rotatable bonds is 4. The zero-order valence-electron chi connectivity index (χ0n) is 11.1. The van der Waals surface area contributed by atoms with E-state index in [4.69, 9.17) is 5.11 Å². The number of nitrogens with zero attached hydrogens (tertiary/aromatic N) is 2. The van der Waals surface area contributed by atoms with Gasteiger partial charge in [0.25, 0.3) is 0 Å². The highest BCUT2D eigenvalue weighted by molar-refractivity contribution is 7.19. The van der Waals surface area contributed by atoms with Crippen LogP contribution in [0.3, 0.4) is 0 Å². The highest BCUT2D eigenvalue weighted by Gasteiger charge is 2.12. The van der Waals surface area contributed by atoms with E-state index in [-0.39, 0.29) is 6.42 Å². The Bertz CT molecular complexity index is 776. The molecule has 2 heterocycles. The van der Waals surface area contributed by atoms with Gasteiger partial charge < -0.3 is 5.11 Å². The molecule has 0 atom stereocenters. The van der Waals surface area contributed by atoms with Gasteiger partial charge in [-0.2, -0.15) is 0 Å². The van der Waals surface area contributed by atoms with Crippen molar-refractivity contribution < 1.29 is 9.90 Å². The van der Waals surface area contributed by atoms with Gasteiger partial charge in [0.05, 0.1) is 16.6 Å². The van der Waals surface area contributed by atoms with Crippen molar-refractivity contribution in [1.29, 1.82) is 0 Å². The standard InChI is InChI=1S/C16H12N2O2S/c19-15(20)9-12(8-11-4-3-7-17-10-11)16-18-13-5-1-2-6-14(13)21-16/h1-8,10H,9H2,(H,19,20)/b12-8-. The van der Waals surface area contributed by atoms with E-state index in [1.54, 1.807) is 12.4 Å². The summed E-state index contributed by atoms with van der Waals surface area (Å²) < 4.78 is 1.05. The maximum atomic E-state index is 11.1. The smallest absolute Gasteiger partial charge is 0.307 e. The molecule has 1 aromatic carbocycles. The molecule has 0 unspecified atom stereocenters. The third-order valence-electron chi connectivity index (χ3n) is 2.94. The van der Waals surface area contributed by atoms with Gasteiger partial charge in [0.2, 0.25) is 0 Å². The van der Waals surface area contributed by atoms with E-state index in [0.717, 1.165) is 20.8 Å². The fourth-order valence-corrected chi connectivity index (χ4v) is 3.00. The van der Waals surface area contributed by atoms with Crippen LogP contribution in [-0.4, -0.2) is 21.0 Å². The molecule has 0 spiro atoms. The summed E-state index contributed by atoms with van der Waals surface area (Å²) >= 11 is 1.50. The lowest BCUT2D eigenvalue weighted by Crippen LogP contribution is -1.97. The molecule has 0 amide bonds. The van der Waals surface area contributed by atoms with Crippen molar-refractivity contribution in [3.05, 3.63) is 59.4 Å². The normalized spacial score (nSPS) is 11.7. The van der Waals surface area contributed by atoms with Crippen LogP contribution in [0.4, 0.5) is 0 Å². The van der Waals surface area contributed by atoms with E-state index in [1.807, 2.05) is 42.5 Å². The van der Waals surface area contributed by atoms with E-state index in [0.29, 0.717) is 5.57 Å². The fraction of sp³-hybridized carbons (Fsp3) is 0.0625. The summed E-state index contributed by atoms with van der Waals surface area (Å²) in [7, 11) is 0. The van der Waals surface area contributed by atoms with E-state index >= 15 is 0 Å². The molecule has 104 valence electrons. The topological polar surface area (TPSA) is 63.1 Å². The molecule has 0 aliphatic heterocycles. The van der Waals surface area contributed by atoms with Crippen LogP contribution in [0.1, 0.15) is 17.0 Å². The Kier molecular flexibility index (Phi) is 3.75. The second kappa shape index (κ2) is 5.85. The molecular weight excluding hydrogens is 284 g/mol. The lowest BCUT2D eigenvalue weighted by Gasteiger charge is -2.01. The van der Waals surface area contributed by atoms with Crippen LogP contribution >= 0.6 is 11.3 Å². The number of carboxylic acid groups (broad SMARTS) is 1. The minimum absolute atomic E-state index is 0.0608. The minimum atomic E-state index is -0.871. The van der Waals surface area contributed by atoms with Crippen molar-refractivity contribution in [2.45, 2.75) is 6.42 Å². The lowest BCUT2D eigenvalue weighted by atomic mass is 10.1. The first-order valence-corrected chi connectivity index (χ1v) is 7.22. The molecule has 4 nitrogen and oxygen atoms in total. The van der Waals surface area contributed by atoms with Crippen LogP contribution in [0.5, 0.6) is 0 Å². The molecule has 0 bridgehead atoms. The average molecular weight is 296 g/mol. The molecule has 0 radical (unpaired) electrons. The number of hydrogen-bond acceptors (Lipinski definition) is 4. The number of thiazole rings is 1. The fourth-order valence-electron chi connectivity index (χ4n) is 2.02. The minimum Gasteiger partial charge on any atom is -0.481 e. The molecular formula is C16H12N2O2S. The van der Waals surface area contributed by atoms with Gasteiger partial charge in [-0.05, 0) is 35.4 Å². The van der Waals surface area contributed by atoms with Crippen molar-refractivity contribution in [2.24, 2.45) is 0 Å². The molecule has 0 fully saturated rings. The van der Waals surface area contributed by atoms with Gasteiger partial charge in [-0.1, -0.05) is 18.2 Å². The van der Waals surface area contributed by atoms with Crippen molar-refractivity contribution in [3.8, 4) is 0 Å². The summed E-state index contributed by atoms with van der Waals surface area (Å²) in [5.74, 6) is -0.871. The Balaban J connectivity index is 2.06. The molecule has 0 saturated carbocycles. The predicted octanol–water partition coefficient (Wildman–Crippen LogP) is 3.71. The number of pyridine rings is 1. The second-order valence-electron chi connectivity index (χ2n) is 4.51. The van der Waals surface area contributed by atoms with Crippen molar-refractivity contribution in [2.75, 3.05) is 0 Å². The Morgan fingerprint density at radius 1 is 1.24 bits per heavy atom. The van der Waals surface area contributed by atoms with Crippen molar-refractivity contribution in [3.63, 3.8) is 0 Å². The van der Waals surface area contributed by atoms with Crippen LogP contribution in [0.25, 0.3) is 21.9 Å². The molecule has 0 aliphatic carbocycles. The molecule has 5 heteroatoms. The molecule has 21 heavy (non-hydrogen) atoms. The van der Waals surface area contributed by atoms with Crippen LogP contribution in [0.15, 0.2) is 48.8 Å². The zero-order valence-corrected chi connectivity index (χ0v) is 11.9. The van der Waals surface area contributed by atoms with Gasteiger partial charge in [-0.25, -0.2) is 4.98 Å². The van der Waals surface area contributed by atoms with Gasteiger partial charge >= 0.3 is 5.97 Å². The third-order valence-corrected chi connectivity index (χ3v) is 4.05. The molecule has 3 aromatic rings. The highest BCUT2D eigenvalue weighted by Crippen LogP contribution is 2.30. The van der Waals surface area contributed by atoms with Crippen LogP contribution < -0.4 is 0 Å². The summed E-state index contributed by atoms with van der Waals surface area (Å²) in [4.78, 5) is 19.7. The largest absolute Gasteiger partial charge is 0.481 e. The van der Waals surface area contributed by atoms with Crippen LogP contribution in [0, 0.1) is 0 Å². The van der Waals surface area contributed by atoms with Gasteiger partial charge in [0.15, 0.2) is 0 Å². The number of benzene rings is 1. The number of fused-ring (bicyclic) bond motifs is 1. The second-order valence-corrected chi connectivity index (χ2v) is 5.54. The van der Waals surface area contributed by atoms with Gasteiger partial charge in [-0.3, -0.25) is 9.78 Å². The monoisotopic (exact) mass is 296 g/mol. The average Bonchev–Trinajstić information content (AvgIpc) is 2.91.